The van der Waals surface area contributed by atoms with Gasteiger partial charge in [0, 0.05) is 44.1 Å². The van der Waals surface area contributed by atoms with E-state index in [-0.39, 0.29) is 55.3 Å². The van der Waals surface area contributed by atoms with Crippen LogP contribution in [0, 0.1) is 16.7 Å². The number of nitrogens with zero attached hydrogens (tertiary/aromatic N) is 2. The molecule has 2 fully saturated rings. The van der Waals surface area contributed by atoms with Gasteiger partial charge in [0.1, 0.15) is 5.41 Å². The fourth-order valence-corrected chi connectivity index (χ4v) is 6.67. The third kappa shape index (κ3) is 5.53. The van der Waals surface area contributed by atoms with Crippen LogP contribution >= 0.6 is 0 Å². The molecule has 216 valence electrons. The van der Waals surface area contributed by atoms with E-state index in [0.717, 1.165) is 24.9 Å². The van der Waals surface area contributed by atoms with Gasteiger partial charge in [0.2, 0.25) is 24.5 Å². The largest absolute Gasteiger partial charge is 0.468 e. The van der Waals surface area contributed by atoms with Crippen LogP contribution in [-0.4, -0.2) is 67.0 Å². The van der Waals surface area contributed by atoms with Crippen LogP contribution in [0.15, 0.2) is 30.0 Å². The van der Waals surface area contributed by atoms with Crippen LogP contribution in [0.1, 0.15) is 64.4 Å². The van der Waals surface area contributed by atoms with E-state index in [1.807, 2.05) is 29.2 Å². The quantitative estimate of drug-likeness (QED) is 0.369. The van der Waals surface area contributed by atoms with Gasteiger partial charge < -0.3 is 29.3 Å². The predicted octanol–water partition coefficient (Wildman–Crippen LogP) is 3.15. The molecule has 40 heavy (non-hydrogen) atoms. The van der Waals surface area contributed by atoms with Crippen molar-refractivity contribution in [3.05, 3.63) is 35.5 Å². The Morgan fingerprint density at radius 3 is 2.73 bits per heavy atom. The minimum atomic E-state index is -1.03. The smallest absolute Gasteiger partial charge is 0.317 e. The lowest BCUT2D eigenvalue weighted by Crippen LogP contribution is -2.55. The summed E-state index contributed by atoms with van der Waals surface area (Å²) in [6.45, 7) is 6.41. The molecule has 10 nitrogen and oxygen atoms in total. The summed E-state index contributed by atoms with van der Waals surface area (Å²) in [5.41, 5.74) is 0.293. The van der Waals surface area contributed by atoms with Crippen molar-refractivity contribution in [2.75, 3.05) is 33.5 Å². The van der Waals surface area contributed by atoms with E-state index in [9.17, 15) is 19.2 Å². The molecule has 2 saturated heterocycles. The monoisotopic (exact) mass is 553 g/mol. The number of methoxy groups -OCH3 is 1. The van der Waals surface area contributed by atoms with Gasteiger partial charge in [0.15, 0.2) is 11.5 Å². The highest BCUT2D eigenvalue weighted by Gasteiger charge is 2.57. The Labute approximate surface area is 235 Å². The highest BCUT2D eigenvalue weighted by atomic mass is 16.7. The summed E-state index contributed by atoms with van der Waals surface area (Å²) in [6, 6.07) is 5.55. The minimum Gasteiger partial charge on any atom is -0.468 e. The first-order valence-electron chi connectivity index (χ1n) is 14.2. The van der Waals surface area contributed by atoms with Gasteiger partial charge in [-0.15, -0.1) is 0 Å². The van der Waals surface area contributed by atoms with E-state index in [2.05, 4.69) is 19.2 Å². The third-order valence-electron chi connectivity index (χ3n) is 8.50. The fourth-order valence-electron chi connectivity index (χ4n) is 6.67. The van der Waals surface area contributed by atoms with Crippen LogP contribution in [0.25, 0.3) is 0 Å². The summed E-state index contributed by atoms with van der Waals surface area (Å²) in [5.74, 6) is -0.0483. The summed E-state index contributed by atoms with van der Waals surface area (Å²) >= 11 is 0. The maximum absolute atomic E-state index is 14.0. The number of rotatable bonds is 9. The number of benzene rings is 1. The Balaban J connectivity index is 1.35. The van der Waals surface area contributed by atoms with Gasteiger partial charge in [0.25, 0.3) is 0 Å². The van der Waals surface area contributed by atoms with Gasteiger partial charge in [-0.3, -0.25) is 19.2 Å². The van der Waals surface area contributed by atoms with E-state index in [4.69, 9.17) is 14.2 Å². The van der Waals surface area contributed by atoms with Crippen molar-refractivity contribution < 1.29 is 33.4 Å². The van der Waals surface area contributed by atoms with Crippen LogP contribution in [0.2, 0.25) is 0 Å². The van der Waals surface area contributed by atoms with Crippen molar-refractivity contribution in [1.29, 1.82) is 0 Å². The zero-order chi connectivity index (χ0) is 28.5. The predicted molar refractivity (Wildman–Crippen MR) is 145 cm³/mol. The first-order valence-corrected chi connectivity index (χ1v) is 14.2. The first kappa shape index (κ1) is 28.0. The minimum absolute atomic E-state index is 0.0223. The number of hydrogen-bond donors (Lipinski definition) is 1. The molecule has 2 atom stereocenters. The second-order valence-corrected chi connectivity index (χ2v) is 12.1. The molecule has 10 heteroatoms. The summed E-state index contributed by atoms with van der Waals surface area (Å²) in [4.78, 5) is 55.8. The summed E-state index contributed by atoms with van der Waals surface area (Å²) in [6.07, 6.45) is 5.57. The molecule has 1 aromatic rings. The van der Waals surface area contributed by atoms with E-state index >= 15 is 0 Å². The van der Waals surface area contributed by atoms with Gasteiger partial charge in [-0.2, -0.15) is 0 Å². The van der Waals surface area contributed by atoms with Gasteiger partial charge in [-0.25, -0.2) is 0 Å². The fraction of sp³-hybridized carbons (Fsp3) is 0.600. The van der Waals surface area contributed by atoms with E-state index < -0.39 is 11.3 Å². The van der Waals surface area contributed by atoms with Gasteiger partial charge in [-0.1, -0.05) is 26.0 Å². The van der Waals surface area contributed by atoms with E-state index in [1.54, 1.807) is 4.90 Å². The lowest BCUT2D eigenvalue weighted by molar-refractivity contribution is -0.162. The molecule has 0 bridgehead atoms. The SMILES string of the molecule is COC(=O)[C@@]12C[C@@H](CC(=O)NCCCN3CCCC3=O)C(=O)N(Cc3ccc4c(c3)OCO4)C1=CCC(C)(C)C2. The third-order valence-corrected chi connectivity index (χ3v) is 8.50. The average Bonchev–Trinajstić information content (AvgIpc) is 3.56. The van der Waals surface area contributed by atoms with Crippen LogP contribution < -0.4 is 14.8 Å². The second kappa shape index (κ2) is 11.1. The lowest BCUT2D eigenvalue weighted by Gasteiger charge is -2.51. The molecule has 0 radical (unpaired) electrons. The zero-order valence-electron chi connectivity index (χ0n) is 23.6. The number of fused-ring (bicyclic) bond motifs is 2. The Morgan fingerprint density at radius 1 is 1.18 bits per heavy atom. The molecule has 1 aliphatic carbocycles. The number of piperidine rings is 1. The van der Waals surface area contributed by atoms with Crippen LogP contribution in [-0.2, 0) is 30.5 Å². The summed E-state index contributed by atoms with van der Waals surface area (Å²) < 4.78 is 16.3. The molecule has 0 spiro atoms. The number of likely N-dealkylation sites (tertiary alicyclic amines) is 2. The van der Waals surface area contributed by atoms with Crippen molar-refractivity contribution in [3.63, 3.8) is 0 Å². The van der Waals surface area contributed by atoms with Crippen molar-refractivity contribution in [2.45, 2.75) is 65.3 Å². The van der Waals surface area contributed by atoms with E-state index in [0.29, 0.717) is 49.5 Å². The summed E-state index contributed by atoms with van der Waals surface area (Å²) in [7, 11) is 1.38. The molecule has 0 aromatic heterocycles. The number of amides is 3. The van der Waals surface area contributed by atoms with Crippen molar-refractivity contribution in [3.8, 4) is 11.5 Å². The Hall–Kier alpha value is -3.56. The van der Waals surface area contributed by atoms with Crippen LogP contribution in [0.4, 0.5) is 0 Å². The lowest BCUT2D eigenvalue weighted by atomic mass is 9.59. The number of allylic oxidation sites excluding steroid dienone is 1. The highest BCUT2D eigenvalue weighted by Crippen LogP contribution is 2.55. The molecular formula is C30H39N3O7. The number of carbonyl (C=O) groups is 4. The van der Waals surface area contributed by atoms with Crippen molar-refractivity contribution in [1.82, 2.24) is 15.1 Å². The molecule has 3 amide bonds. The Morgan fingerprint density at radius 2 is 1.98 bits per heavy atom. The van der Waals surface area contributed by atoms with Gasteiger partial charge in [0.05, 0.1) is 13.7 Å². The van der Waals surface area contributed by atoms with E-state index in [1.165, 1.54) is 7.11 Å². The molecule has 3 aliphatic heterocycles. The molecule has 0 saturated carbocycles. The molecule has 3 heterocycles. The van der Waals surface area contributed by atoms with Gasteiger partial charge in [-0.05, 0) is 55.2 Å². The molecule has 0 unspecified atom stereocenters. The Bertz CT molecular complexity index is 1230. The topological polar surface area (TPSA) is 114 Å². The molecule has 1 aromatic carbocycles. The number of nitrogens with one attached hydrogen (secondary N) is 1. The average molecular weight is 554 g/mol. The first-order chi connectivity index (χ1) is 19.1. The highest BCUT2D eigenvalue weighted by molar-refractivity contribution is 5.92. The van der Waals surface area contributed by atoms with Crippen molar-refractivity contribution in [2.24, 2.45) is 16.7 Å². The molecule has 5 rings (SSSR count). The number of esters is 1. The van der Waals surface area contributed by atoms with Crippen molar-refractivity contribution >= 4 is 23.7 Å². The Kier molecular flexibility index (Phi) is 7.79. The normalized spacial score (nSPS) is 25.0. The second-order valence-electron chi connectivity index (χ2n) is 12.1. The van der Waals surface area contributed by atoms with Gasteiger partial charge >= 0.3 is 5.97 Å². The van der Waals surface area contributed by atoms with Crippen LogP contribution in [0.3, 0.4) is 0 Å². The zero-order valence-corrected chi connectivity index (χ0v) is 23.6. The molecule has 4 aliphatic rings. The number of carbonyl (C=O) groups excluding carboxylic acids is 4. The number of ether oxygens (including phenoxy) is 3. The molecular weight excluding hydrogens is 514 g/mol. The molecule has 1 N–H and O–H groups in total. The maximum atomic E-state index is 14.0. The summed E-state index contributed by atoms with van der Waals surface area (Å²) in [5, 5.41) is 2.92. The maximum Gasteiger partial charge on any atom is 0.317 e. The standard InChI is InChI=1S/C30H39N3O7/c1-29(2)10-9-24-30(18-29,28(37)38-3)16-21(15-25(34)31-11-5-13-32-12-4-6-26(32)35)27(36)33(24)17-20-7-8-22-23(14-20)40-19-39-22/h7-9,14,21H,4-6,10-13,15-19H2,1-3H3,(H,31,34)/t21-,30-/m1/s1. The number of hydrogen-bond acceptors (Lipinski definition) is 7. The van der Waals surface area contributed by atoms with Crippen LogP contribution in [0.5, 0.6) is 11.5 Å².